The Morgan fingerprint density at radius 1 is 1.37 bits per heavy atom. The van der Waals surface area contributed by atoms with E-state index in [2.05, 4.69) is 4.98 Å². The van der Waals surface area contributed by atoms with E-state index in [4.69, 9.17) is 0 Å². The fraction of sp³-hybridized carbons (Fsp3) is 0.333. The summed E-state index contributed by atoms with van der Waals surface area (Å²) in [5, 5.41) is 2.02. The second-order valence-electron chi connectivity index (χ2n) is 4.78. The van der Waals surface area contributed by atoms with E-state index in [9.17, 15) is 4.79 Å². The molecule has 0 bridgehead atoms. The highest BCUT2D eigenvalue weighted by molar-refractivity contribution is 7.10. The van der Waals surface area contributed by atoms with E-state index in [-0.39, 0.29) is 11.9 Å². The molecule has 1 aliphatic rings. The third kappa shape index (κ3) is 2.68. The number of nitrogens with zero attached hydrogens (tertiary/aromatic N) is 2. The van der Waals surface area contributed by atoms with Crippen molar-refractivity contribution in [1.29, 1.82) is 0 Å². The number of aromatic nitrogens is 1. The van der Waals surface area contributed by atoms with Gasteiger partial charge in [-0.15, -0.1) is 11.3 Å². The third-order valence-corrected chi connectivity index (χ3v) is 4.45. The van der Waals surface area contributed by atoms with Crippen LogP contribution in [-0.4, -0.2) is 22.3 Å². The Bertz CT molecular complexity index is 539. The minimum absolute atomic E-state index is 0.232. The zero-order chi connectivity index (χ0) is 13.1. The van der Waals surface area contributed by atoms with Gasteiger partial charge in [-0.2, -0.15) is 0 Å². The molecular formula is C15H16N2OS. The smallest absolute Gasteiger partial charge is 0.228 e. The summed E-state index contributed by atoms with van der Waals surface area (Å²) in [5.41, 5.74) is 1.20. The summed E-state index contributed by atoms with van der Waals surface area (Å²) in [6.45, 7) is 0.872. The number of thiophene rings is 1. The first-order valence-electron chi connectivity index (χ1n) is 6.56. The monoisotopic (exact) mass is 272 g/mol. The van der Waals surface area contributed by atoms with Crippen LogP contribution in [0.3, 0.4) is 0 Å². The van der Waals surface area contributed by atoms with Crippen LogP contribution in [0.1, 0.15) is 29.3 Å². The summed E-state index contributed by atoms with van der Waals surface area (Å²) in [6.07, 6.45) is 6.27. The number of carbonyl (C=O) groups excluding carboxylic acids is 1. The molecule has 3 nitrogen and oxygen atoms in total. The molecule has 4 heteroatoms. The number of pyridine rings is 1. The summed E-state index contributed by atoms with van der Waals surface area (Å²) >= 11 is 1.65. The molecule has 98 valence electrons. The maximum absolute atomic E-state index is 12.4. The molecule has 0 aliphatic carbocycles. The van der Waals surface area contributed by atoms with Crippen LogP contribution in [0, 0.1) is 0 Å². The van der Waals surface area contributed by atoms with Crippen molar-refractivity contribution in [2.24, 2.45) is 0 Å². The van der Waals surface area contributed by atoms with Gasteiger partial charge in [0.15, 0.2) is 0 Å². The van der Waals surface area contributed by atoms with E-state index in [0.29, 0.717) is 6.42 Å². The lowest BCUT2D eigenvalue weighted by Crippen LogP contribution is -2.31. The number of hydrogen-bond acceptors (Lipinski definition) is 3. The summed E-state index contributed by atoms with van der Waals surface area (Å²) in [5.74, 6) is 0.238. The molecule has 19 heavy (non-hydrogen) atoms. The Balaban J connectivity index is 1.74. The standard InChI is InChI=1S/C15H16N2OS/c18-15(11-13-3-2-10-19-13)17-9-1-4-14(17)12-5-7-16-8-6-12/h2-3,5-8,10,14H,1,4,9,11H2/t14-/m1/s1. The van der Waals surface area contributed by atoms with Crippen molar-refractivity contribution in [3.63, 3.8) is 0 Å². The van der Waals surface area contributed by atoms with E-state index in [1.54, 1.807) is 23.7 Å². The Morgan fingerprint density at radius 3 is 2.95 bits per heavy atom. The molecule has 0 radical (unpaired) electrons. The Labute approximate surface area is 116 Å². The SMILES string of the molecule is O=C(Cc1cccs1)N1CCC[C@@H]1c1ccncc1. The summed E-state index contributed by atoms with van der Waals surface area (Å²) in [7, 11) is 0. The zero-order valence-electron chi connectivity index (χ0n) is 10.7. The Hall–Kier alpha value is -1.68. The summed E-state index contributed by atoms with van der Waals surface area (Å²) in [6, 6.07) is 8.29. The van der Waals surface area contributed by atoms with Gasteiger partial charge in [-0.05, 0) is 42.0 Å². The molecule has 2 aromatic heterocycles. The lowest BCUT2D eigenvalue weighted by atomic mass is 10.1. The minimum Gasteiger partial charge on any atom is -0.335 e. The molecule has 0 spiro atoms. The van der Waals surface area contributed by atoms with Crippen LogP contribution in [0.25, 0.3) is 0 Å². The first-order valence-corrected chi connectivity index (χ1v) is 7.44. The fourth-order valence-electron chi connectivity index (χ4n) is 2.66. The molecule has 3 rings (SSSR count). The van der Waals surface area contributed by atoms with E-state index >= 15 is 0 Å². The molecule has 1 atom stereocenters. The van der Waals surface area contributed by atoms with Crippen molar-refractivity contribution >= 4 is 17.2 Å². The van der Waals surface area contributed by atoms with Crippen molar-refractivity contribution < 1.29 is 4.79 Å². The quantitative estimate of drug-likeness (QED) is 0.860. The second kappa shape index (κ2) is 5.53. The average Bonchev–Trinajstić information content (AvgIpc) is 3.10. The predicted molar refractivity (Wildman–Crippen MR) is 75.9 cm³/mol. The first-order chi connectivity index (χ1) is 9.34. The highest BCUT2D eigenvalue weighted by atomic mass is 32.1. The van der Waals surface area contributed by atoms with Crippen LogP contribution in [0.2, 0.25) is 0 Å². The van der Waals surface area contributed by atoms with E-state index in [0.717, 1.165) is 24.3 Å². The molecule has 1 fully saturated rings. The van der Waals surface area contributed by atoms with Crippen LogP contribution >= 0.6 is 11.3 Å². The highest BCUT2D eigenvalue weighted by Gasteiger charge is 2.29. The van der Waals surface area contributed by atoms with Gasteiger partial charge in [0.25, 0.3) is 0 Å². The zero-order valence-corrected chi connectivity index (χ0v) is 11.5. The molecule has 1 amide bonds. The van der Waals surface area contributed by atoms with Crippen molar-refractivity contribution in [1.82, 2.24) is 9.88 Å². The molecule has 0 aromatic carbocycles. The molecule has 1 saturated heterocycles. The summed E-state index contributed by atoms with van der Waals surface area (Å²) < 4.78 is 0. The van der Waals surface area contributed by atoms with Gasteiger partial charge in [-0.3, -0.25) is 9.78 Å². The van der Waals surface area contributed by atoms with E-state index in [1.165, 1.54) is 5.56 Å². The van der Waals surface area contributed by atoms with Crippen molar-refractivity contribution in [2.45, 2.75) is 25.3 Å². The van der Waals surface area contributed by atoms with Crippen LogP contribution in [0.15, 0.2) is 42.0 Å². The van der Waals surface area contributed by atoms with Crippen LogP contribution in [0.4, 0.5) is 0 Å². The van der Waals surface area contributed by atoms with Crippen molar-refractivity contribution in [2.75, 3.05) is 6.54 Å². The fourth-order valence-corrected chi connectivity index (χ4v) is 3.36. The molecule has 0 N–H and O–H groups in total. The van der Waals surface area contributed by atoms with Gasteiger partial charge in [-0.25, -0.2) is 0 Å². The van der Waals surface area contributed by atoms with Gasteiger partial charge < -0.3 is 4.90 Å². The lowest BCUT2D eigenvalue weighted by molar-refractivity contribution is -0.131. The maximum atomic E-state index is 12.4. The van der Waals surface area contributed by atoms with Gasteiger partial charge in [-0.1, -0.05) is 6.07 Å². The molecule has 0 unspecified atom stereocenters. The van der Waals surface area contributed by atoms with Gasteiger partial charge in [0.1, 0.15) is 0 Å². The lowest BCUT2D eigenvalue weighted by Gasteiger charge is -2.24. The second-order valence-corrected chi connectivity index (χ2v) is 5.81. The third-order valence-electron chi connectivity index (χ3n) is 3.57. The Kier molecular flexibility index (Phi) is 3.60. The maximum Gasteiger partial charge on any atom is 0.228 e. The number of likely N-dealkylation sites (tertiary alicyclic amines) is 1. The van der Waals surface area contributed by atoms with Crippen LogP contribution in [0.5, 0.6) is 0 Å². The highest BCUT2D eigenvalue weighted by Crippen LogP contribution is 2.32. The molecule has 2 aromatic rings. The van der Waals surface area contributed by atoms with Crippen LogP contribution < -0.4 is 0 Å². The summed E-state index contributed by atoms with van der Waals surface area (Å²) in [4.78, 5) is 19.6. The predicted octanol–water partition coefficient (Wildman–Crippen LogP) is 3.05. The van der Waals surface area contributed by atoms with Gasteiger partial charge in [0.2, 0.25) is 5.91 Å². The number of hydrogen-bond donors (Lipinski definition) is 0. The molecule has 1 aliphatic heterocycles. The molecule has 3 heterocycles. The first kappa shape index (κ1) is 12.4. The number of carbonyl (C=O) groups is 1. The largest absolute Gasteiger partial charge is 0.335 e. The van der Waals surface area contributed by atoms with Gasteiger partial charge in [0, 0.05) is 23.8 Å². The molecular weight excluding hydrogens is 256 g/mol. The van der Waals surface area contributed by atoms with Crippen LogP contribution in [-0.2, 0) is 11.2 Å². The number of amides is 1. The van der Waals surface area contributed by atoms with Gasteiger partial charge in [0.05, 0.1) is 12.5 Å². The normalized spacial score (nSPS) is 18.7. The van der Waals surface area contributed by atoms with Crippen molar-refractivity contribution in [3.05, 3.63) is 52.5 Å². The Morgan fingerprint density at radius 2 is 2.21 bits per heavy atom. The topological polar surface area (TPSA) is 33.2 Å². The van der Waals surface area contributed by atoms with Crippen molar-refractivity contribution in [3.8, 4) is 0 Å². The van der Waals surface area contributed by atoms with Gasteiger partial charge >= 0.3 is 0 Å². The average molecular weight is 272 g/mol. The molecule has 0 saturated carbocycles. The van der Waals surface area contributed by atoms with E-state index in [1.807, 2.05) is 34.5 Å². The minimum atomic E-state index is 0.232. The number of rotatable bonds is 3. The van der Waals surface area contributed by atoms with E-state index < -0.39 is 0 Å².